The van der Waals surface area contributed by atoms with E-state index in [1.54, 1.807) is 6.08 Å². The maximum Gasteiger partial charge on any atom is 0.328 e. The summed E-state index contributed by atoms with van der Waals surface area (Å²) in [5.74, 6) is -3.55. The van der Waals surface area contributed by atoms with E-state index in [-0.39, 0.29) is 41.8 Å². The number of carbonyl (C=O) groups excluding carboxylic acids is 4. The van der Waals surface area contributed by atoms with E-state index in [0.717, 1.165) is 18.4 Å². The molecule has 0 spiro atoms. The lowest BCUT2D eigenvalue weighted by Gasteiger charge is -2.60. The standard InChI is InChI=1S/C29H41NO10/c1-15(31)25(26(37)38)30-22(35)6-7-23(36)40-14-21(34)29(39)11-9-19-18-5-4-16-12-17(32)8-10-27(16,2)24(18)20(33)13-28(19,29)3/h12,15,18-20,24-25,31,33,39H,4-11,13-14H2,1-3H3,(H,30,35)(H,37,38)/t15-,18-,19+,20-,24-,25-,27-,28-,29-/m0/s1. The van der Waals surface area contributed by atoms with Crippen LogP contribution in [0.25, 0.3) is 0 Å². The van der Waals surface area contributed by atoms with Gasteiger partial charge in [0.2, 0.25) is 11.7 Å². The Morgan fingerprint density at radius 1 is 1.12 bits per heavy atom. The zero-order chi connectivity index (χ0) is 29.6. The van der Waals surface area contributed by atoms with Gasteiger partial charge in [0, 0.05) is 18.3 Å². The third kappa shape index (κ3) is 5.12. The van der Waals surface area contributed by atoms with Crippen LogP contribution in [0.15, 0.2) is 11.6 Å². The molecule has 0 unspecified atom stereocenters. The second-order valence-electron chi connectivity index (χ2n) is 12.7. The van der Waals surface area contributed by atoms with Gasteiger partial charge in [-0.1, -0.05) is 19.4 Å². The first-order valence-corrected chi connectivity index (χ1v) is 14.2. The van der Waals surface area contributed by atoms with E-state index >= 15 is 0 Å². The summed E-state index contributed by atoms with van der Waals surface area (Å²) in [5, 5.41) is 43.8. The molecule has 3 saturated carbocycles. The van der Waals surface area contributed by atoms with E-state index in [9.17, 15) is 39.3 Å². The molecule has 222 valence electrons. The number of aliphatic hydroxyl groups excluding tert-OH is 2. The maximum absolute atomic E-state index is 13.3. The van der Waals surface area contributed by atoms with Crippen molar-refractivity contribution in [3.05, 3.63) is 11.6 Å². The van der Waals surface area contributed by atoms with Gasteiger partial charge in [0.25, 0.3) is 0 Å². The first-order chi connectivity index (χ1) is 18.6. The number of rotatable bonds is 9. The lowest BCUT2D eigenvalue weighted by molar-refractivity contribution is -0.184. The number of aliphatic carboxylic acids is 1. The van der Waals surface area contributed by atoms with Gasteiger partial charge in [0.15, 0.2) is 18.4 Å². The Kier molecular flexibility index (Phi) is 8.33. The number of esters is 1. The van der Waals surface area contributed by atoms with E-state index in [1.165, 1.54) is 6.92 Å². The summed E-state index contributed by atoms with van der Waals surface area (Å²) in [6.45, 7) is 4.51. The van der Waals surface area contributed by atoms with E-state index in [0.29, 0.717) is 19.3 Å². The predicted molar refractivity (Wildman–Crippen MR) is 139 cm³/mol. The number of nitrogens with one attached hydrogen (secondary N) is 1. The van der Waals surface area contributed by atoms with E-state index in [2.05, 4.69) is 12.2 Å². The molecule has 1 amide bonds. The SMILES string of the molecule is C[C@H](O)[C@H](NC(=O)CCC(=O)OCC(=O)[C@@]1(O)CC[C@@H]2[C@@H]3CCC4=CC(=O)CC[C@]4(C)[C@@H]3[C@@H](O)C[C@@]21C)C(=O)O. The van der Waals surface area contributed by atoms with Crippen LogP contribution < -0.4 is 5.32 Å². The number of fused-ring (bicyclic) bond motifs is 5. The summed E-state index contributed by atoms with van der Waals surface area (Å²) in [6.07, 6.45) is 2.53. The number of carboxylic acids is 1. The molecule has 0 radical (unpaired) electrons. The molecule has 3 fully saturated rings. The van der Waals surface area contributed by atoms with Gasteiger partial charge in [-0.3, -0.25) is 19.2 Å². The monoisotopic (exact) mass is 563 g/mol. The van der Waals surface area contributed by atoms with Crippen molar-refractivity contribution in [3.8, 4) is 0 Å². The minimum atomic E-state index is -1.78. The topological polar surface area (TPSA) is 188 Å². The Balaban J connectivity index is 1.38. The van der Waals surface area contributed by atoms with Crippen molar-refractivity contribution in [3.63, 3.8) is 0 Å². The number of amides is 1. The van der Waals surface area contributed by atoms with Gasteiger partial charge in [-0.25, -0.2) is 4.79 Å². The first-order valence-electron chi connectivity index (χ1n) is 14.2. The molecule has 11 heteroatoms. The van der Waals surface area contributed by atoms with Crippen molar-refractivity contribution in [1.29, 1.82) is 0 Å². The summed E-state index contributed by atoms with van der Waals surface area (Å²) in [4.78, 5) is 60.8. The minimum absolute atomic E-state index is 0.0126. The van der Waals surface area contributed by atoms with Crippen LogP contribution >= 0.6 is 0 Å². The molecule has 0 saturated heterocycles. The van der Waals surface area contributed by atoms with Gasteiger partial charge in [-0.15, -0.1) is 0 Å². The van der Waals surface area contributed by atoms with Crippen molar-refractivity contribution in [2.45, 2.75) is 102 Å². The highest BCUT2D eigenvalue weighted by Gasteiger charge is 2.68. The summed E-state index contributed by atoms with van der Waals surface area (Å²) in [5.41, 5.74) is -1.88. The number of hydrogen-bond acceptors (Lipinski definition) is 9. The predicted octanol–water partition coefficient (Wildman–Crippen LogP) is 1.06. The van der Waals surface area contributed by atoms with Gasteiger partial charge < -0.3 is 30.5 Å². The van der Waals surface area contributed by atoms with Crippen LogP contribution in [0.2, 0.25) is 0 Å². The number of ether oxygens (including phenoxy) is 1. The molecule has 0 aromatic rings. The Morgan fingerprint density at radius 2 is 1.82 bits per heavy atom. The van der Waals surface area contributed by atoms with E-state index < -0.39 is 72.3 Å². The van der Waals surface area contributed by atoms with Gasteiger partial charge in [-0.2, -0.15) is 0 Å². The molecule has 11 nitrogen and oxygen atoms in total. The lowest BCUT2D eigenvalue weighted by Crippen LogP contribution is -2.62. The minimum Gasteiger partial charge on any atom is -0.480 e. The van der Waals surface area contributed by atoms with Crippen molar-refractivity contribution < 1.29 is 49.1 Å². The molecular formula is C29H41NO10. The summed E-state index contributed by atoms with van der Waals surface area (Å²) < 4.78 is 5.09. The normalized spacial score (nSPS) is 38.1. The highest BCUT2D eigenvalue weighted by atomic mass is 16.5. The fourth-order valence-electron chi connectivity index (χ4n) is 8.34. The van der Waals surface area contributed by atoms with Crippen LogP contribution in [0.3, 0.4) is 0 Å². The van der Waals surface area contributed by atoms with Crippen LogP contribution in [-0.2, 0) is 28.7 Å². The van der Waals surface area contributed by atoms with Crippen LogP contribution in [0, 0.1) is 28.6 Å². The summed E-state index contributed by atoms with van der Waals surface area (Å²) in [7, 11) is 0. The quantitative estimate of drug-likeness (QED) is 0.254. The second kappa shape index (κ2) is 11.0. The number of hydrogen-bond donors (Lipinski definition) is 5. The zero-order valence-electron chi connectivity index (χ0n) is 23.4. The van der Waals surface area contributed by atoms with Gasteiger partial charge in [0.05, 0.1) is 18.6 Å². The lowest BCUT2D eigenvalue weighted by atomic mass is 9.45. The molecular weight excluding hydrogens is 522 g/mol. The van der Waals surface area contributed by atoms with Gasteiger partial charge >= 0.3 is 11.9 Å². The summed E-state index contributed by atoms with van der Waals surface area (Å²) >= 11 is 0. The molecule has 0 aromatic heterocycles. The Morgan fingerprint density at radius 3 is 2.48 bits per heavy atom. The van der Waals surface area contributed by atoms with Crippen LogP contribution in [-0.4, -0.2) is 80.3 Å². The van der Waals surface area contributed by atoms with E-state index in [1.807, 2.05) is 6.92 Å². The van der Waals surface area contributed by atoms with Crippen molar-refractivity contribution in [2.75, 3.05) is 6.61 Å². The smallest absolute Gasteiger partial charge is 0.328 e. The third-order valence-electron chi connectivity index (χ3n) is 10.5. The molecule has 4 rings (SSSR count). The van der Waals surface area contributed by atoms with E-state index in [4.69, 9.17) is 9.84 Å². The number of aliphatic hydroxyl groups is 3. The largest absolute Gasteiger partial charge is 0.480 e. The molecule has 40 heavy (non-hydrogen) atoms. The van der Waals surface area contributed by atoms with Crippen LogP contribution in [0.1, 0.15) is 78.6 Å². The Bertz CT molecular complexity index is 1120. The molecule has 0 bridgehead atoms. The average molecular weight is 564 g/mol. The fourth-order valence-corrected chi connectivity index (χ4v) is 8.34. The molecule has 4 aliphatic rings. The molecule has 5 N–H and O–H groups in total. The Labute approximate surface area is 233 Å². The molecule has 9 atom stereocenters. The third-order valence-corrected chi connectivity index (χ3v) is 10.5. The van der Waals surface area contributed by atoms with Crippen molar-refractivity contribution in [2.24, 2.45) is 28.6 Å². The number of Topliss-reactive ketones (excluding diaryl/α,β-unsaturated/α-hetero) is 1. The first kappa shape index (κ1) is 30.3. The van der Waals surface area contributed by atoms with Crippen LogP contribution in [0.4, 0.5) is 0 Å². The number of carbonyl (C=O) groups is 5. The zero-order valence-corrected chi connectivity index (χ0v) is 23.4. The van der Waals surface area contributed by atoms with Crippen molar-refractivity contribution in [1.82, 2.24) is 5.32 Å². The number of ketones is 2. The fraction of sp³-hybridized carbons (Fsp3) is 0.759. The molecule has 0 aliphatic heterocycles. The average Bonchev–Trinajstić information content (AvgIpc) is 3.15. The number of carboxylic acid groups (broad SMARTS) is 1. The highest BCUT2D eigenvalue weighted by molar-refractivity contribution is 5.92. The highest BCUT2D eigenvalue weighted by Crippen LogP contribution is 2.67. The molecule has 4 aliphatic carbocycles. The van der Waals surface area contributed by atoms with Gasteiger partial charge in [-0.05, 0) is 74.7 Å². The van der Waals surface area contributed by atoms with Crippen molar-refractivity contribution >= 4 is 29.4 Å². The van der Waals surface area contributed by atoms with Crippen LogP contribution in [0.5, 0.6) is 0 Å². The maximum atomic E-state index is 13.3. The number of allylic oxidation sites excluding steroid dienone is 1. The van der Waals surface area contributed by atoms with Gasteiger partial charge in [0.1, 0.15) is 5.60 Å². The molecule has 0 aromatic carbocycles. The molecule has 0 heterocycles. The second-order valence-corrected chi connectivity index (χ2v) is 12.7. The summed E-state index contributed by atoms with van der Waals surface area (Å²) in [6, 6.07) is -1.52. The Hall–Kier alpha value is -2.63.